The quantitative estimate of drug-likeness (QED) is 0.751. The highest BCUT2D eigenvalue weighted by atomic mass is 16.5. The minimum atomic E-state index is -0.457. The van der Waals surface area contributed by atoms with Crippen LogP contribution in [-0.2, 0) is 16.8 Å². The molecule has 2 rings (SSSR count). The molecule has 0 aliphatic heterocycles. The molecule has 0 spiro atoms. The van der Waals surface area contributed by atoms with Gasteiger partial charge in [0, 0.05) is 5.69 Å². The Kier molecular flexibility index (Phi) is 6.07. The molecule has 134 valence electrons. The Bertz CT molecular complexity index is 689. The van der Waals surface area contributed by atoms with Gasteiger partial charge < -0.3 is 15.8 Å². The molecule has 0 radical (unpaired) electrons. The zero-order valence-corrected chi connectivity index (χ0v) is 15.5. The zero-order chi connectivity index (χ0) is 18.4. The lowest BCUT2D eigenvalue weighted by Crippen LogP contribution is -2.41. The van der Waals surface area contributed by atoms with Crippen LogP contribution in [0.25, 0.3) is 0 Å². The molecule has 4 nitrogen and oxygen atoms in total. The topological polar surface area (TPSA) is 64.3 Å². The number of amides is 1. The lowest BCUT2D eigenvalue weighted by atomic mass is 9.93. The Hall–Kier alpha value is -2.49. The minimum Gasteiger partial charge on any atom is -0.493 e. The molecule has 1 amide bonds. The van der Waals surface area contributed by atoms with Gasteiger partial charge in [-0.3, -0.25) is 4.79 Å². The molecular weight excluding hydrogens is 312 g/mol. The normalized spacial score (nSPS) is 11.4. The summed E-state index contributed by atoms with van der Waals surface area (Å²) < 4.78 is 5.71. The first kappa shape index (κ1) is 18.8. The zero-order valence-electron chi connectivity index (χ0n) is 15.5. The summed E-state index contributed by atoms with van der Waals surface area (Å²) in [4.78, 5) is 12.4. The number of anilines is 1. The van der Waals surface area contributed by atoms with E-state index in [2.05, 4.69) is 19.2 Å². The average molecular weight is 340 g/mol. The number of benzene rings is 2. The Morgan fingerprint density at radius 2 is 1.68 bits per heavy atom. The lowest BCUT2D eigenvalue weighted by Gasteiger charge is -2.27. The van der Waals surface area contributed by atoms with Gasteiger partial charge in [-0.2, -0.15) is 0 Å². The van der Waals surface area contributed by atoms with E-state index < -0.39 is 5.54 Å². The molecule has 0 fully saturated rings. The van der Waals surface area contributed by atoms with Gasteiger partial charge in [-0.05, 0) is 55.2 Å². The van der Waals surface area contributed by atoms with Crippen LogP contribution >= 0.6 is 0 Å². The first-order valence-corrected chi connectivity index (χ1v) is 8.65. The predicted octanol–water partition coefficient (Wildman–Crippen LogP) is 3.90. The van der Waals surface area contributed by atoms with E-state index in [0.29, 0.717) is 24.6 Å². The summed E-state index contributed by atoms with van der Waals surface area (Å²) in [5.41, 5.74) is 7.90. The van der Waals surface area contributed by atoms with Gasteiger partial charge in [0.25, 0.3) is 0 Å². The van der Waals surface area contributed by atoms with Crippen molar-refractivity contribution >= 4 is 11.6 Å². The largest absolute Gasteiger partial charge is 0.493 e. The van der Waals surface area contributed by atoms with Crippen molar-refractivity contribution in [3.05, 3.63) is 59.7 Å². The average Bonchev–Trinajstić information content (AvgIpc) is 2.55. The Morgan fingerprint density at radius 1 is 1.08 bits per heavy atom. The van der Waals surface area contributed by atoms with E-state index in [1.807, 2.05) is 62.4 Å². The second kappa shape index (κ2) is 8.06. The fraction of sp³-hybridized carbons (Fsp3) is 0.381. The van der Waals surface area contributed by atoms with Crippen LogP contribution in [0.5, 0.6) is 5.75 Å². The van der Waals surface area contributed by atoms with Crippen LogP contribution in [0.3, 0.4) is 0 Å². The van der Waals surface area contributed by atoms with Gasteiger partial charge in [0.15, 0.2) is 0 Å². The van der Waals surface area contributed by atoms with E-state index in [4.69, 9.17) is 10.5 Å². The first-order valence-electron chi connectivity index (χ1n) is 8.65. The van der Waals surface area contributed by atoms with E-state index in [1.54, 1.807) is 0 Å². The number of hydrogen-bond acceptors (Lipinski definition) is 3. The van der Waals surface area contributed by atoms with Crippen LogP contribution in [0, 0.1) is 5.92 Å². The van der Waals surface area contributed by atoms with Crippen molar-refractivity contribution in [2.45, 2.75) is 39.7 Å². The maximum absolute atomic E-state index is 12.4. The molecule has 3 N–H and O–H groups in total. The second-order valence-electron chi connectivity index (χ2n) is 7.32. The highest BCUT2D eigenvalue weighted by Crippen LogP contribution is 2.23. The predicted molar refractivity (Wildman–Crippen MR) is 103 cm³/mol. The Balaban J connectivity index is 1.97. The molecule has 0 atom stereocenters. The van der Waals surface area contributed by atoms with Crippen molar-refractivity contribution in [2.24, 2.45) is 5.92 Å². The van der Waals surface area contributed by atoms with E-state index in [0.717, 1.165) is 16.9 Å². The standard InChI is InChI=1S/C21H28N2O2/c1-15(2)14-25-19-11-7-17(8-12-19)21(3,4)23-20(24)13-16-5-9-18(22)10-6-16/h5-12,15H,13-14,22H2,1-4H3,(H,23,24). The Morgan fingerprint density at radius 3 is 2.24 bits per heavy atom. The smallest absolute Gasteiger partial charge is 0.225 e. The van der Waals surface area contributed by atoms with E-state index >= 15 is 0 Å². The maximum atomic E-state index is 12.4. The molecule has 2 aromatic rings. The number of nitrogens with one attached hydrogen (secondary N) is 1. The summed E-state index contributed by atoms with van der Waals surface area (Å²) in [7, 11) is 0. The summed E-state index contributed by atoms with van der Waals surface area (Å²) in [5, 5.41) is 3.09. The summed E-state index contributed by atoms with van der Waals surface area (Å²) in [6, 6.07) is 15.3. The number of carbonyl (C=O) groups excluding carboxylic acids is 1. The van der Waals surface area contributed by atoms with Crippen molar-refractivity contribution < 1.29 is 9.53 Å². The molecule has 0 saturated heterocycles. The molecule has 0 aliphatic carbocycles. The van der Waals surface area contributed by atoms with Crippen molar-refractivity contribution in [1.82, 2.24) is 5.32 Å². The highest BCUT2D eigenvalue weighted by molar-refractivity contribution is 5.79. The monoisotopic (exact) mass is 340 g/mol. The number of nitrogen functional groups attached to an aromatic ring is 1. The lowest BCUT2D eigenvalue weighted by molar-refractivity contribution is -0.122. The summed E-state index contributed by atoms with van der Waals surface area (Å²) in [6.45, 7) is 8.93. The van der Waals surface area contributed by atoms with Crippen LogP contribution in [0.2, 0.25) is 0 Å². The third-order valence-corrected chi connectivity index (χ3v) is 3.96. The highest BCUT2D eigenvalue weighted by Gasteiger charge is 2.22. The molecule has 0 aromatic heterocycles. The molecule has 0 unspecified atom stereocenters. The van der Waals surface area contributed by atoms with Gasteiger partial charge in [-0.15, -0.1) is 0 Å². The molecule has 0 heterocycles. The number of carbonyl (C=O) groups is 1. The fourth-order valence-corrected chi connectivity index (χ4v) is 2.52. The summed E-state index contributed by atoms with van der Waals surface area (Å²) >= 11 is 0. The minimum absolute atomic E-state index is 0.0186. The Labute approximate surface area is 150 Å². The molecular formula is C21H28N2O2. The van der Waals surface area contributed by atoms with Crippen molar-refractivity contribution in [3.8, 4) is 5.75 Å². The molecule has 0 aliphatic rings. The molecule has 25 heavy (non-hydrogen) atoms. The summed E-state index contributed by atoms with van der Waals surface area (Å²) in [5.74, 6) is 1.32. The molecule has 4 heteroatoms. The third kappa shape index (κ3) is 5.82. The van der Waals surface area contributed by atoms with Crippen molar-refractivity contribution in [3.63, 3.8) is 0 Å². The SMILES string of the molecule is CC(C)COc1ccc(C(C)(C)NC(=O)Cc2ccc(N)cc2)cc1. The second-order valence-corrected chi connectivity index (χ2v) is 7.32. The number of nitrogens with two attached hydrogens (primary N) is 1. The molecule has 2 aromatic carbocycles. The van der Waals surface area contributed by atoms with Gasteiger partial charge in [0.05, 0.1) is 18.6 Å². The fourth-order valence-electron chi connectivity index (χ4n) is 2.52. The van der Waals surface area contributed by atoms with Crippen LogP contribution in [0.4, 0.5) is 5.69 Å². The molecule has 0 saturated carbocycles. The van der Waals surface area contributed by atoms with Crippen LogP contribution in [0.1, 0.15) is 38.8 Å². The van der Waals surface area contributed by atoms with Gasteiger partial charge in [0.2, 0.25) is 5.91 Å². The third-order valence-electron chi connectivity index (χ3n) is 3.96. The van der Waals surface area contributed by atoms with Crippen LogP contribution in [0.15, 0.2) is 48.5 Å². The van der Waals surface area contributed by atoms with E-state index in [-0.39, 0.29) is 5.91 Å². The van der Waals surface area contributed by atoms with Gasteiger partial charge in [-0.25, -0.2) is 0 Å². The molecule has 0 bridgehead atoms. The van der Waals surface area contributed by atoms with Crippen molar-refractivity contribution in [1.29, 1.82) is 0 Å². The number of rotatable bonds is 7. The number of ether oxygens (including phenoxy) is 1. The van der Waals surface area contributed by atoms with E-state index in [9.17, 15) is 4.79 Å². The van der Waals surface area contributed by atoms with Gasteiger partial charge in [0.1, 0.15) is 5.75 Å². The van der Waals surface area contributed by atoms with Crippen molar-refractivity contribution in [2.75, 3.05) is 12.3 Å². The summed E-state index contributed by atoms with van der Waals surface area (Å²) in [6.07, 6.45) is 0.333. The maximum Gasteiger partial charge on any atom is 0.225 e. The van der Waals surface area contributed by atoms with Gasteiger partial charge in [-0.1, -0.05) is 38.1 Å². The van der Waals surface area contributed by atoms with E-state index in [1.165, 1.54) is 0 Å². The van der Waals surface area contributed by atoms with Crippen LogP contribution < -0.4 is 15.8 Å². The number of hydrogen-bond donors (Lipinski definition) is 2. The van der Waals surface area contributed by atoms with Crippen LogP contribution in [-0.4, -0.2) is 12.5 Å². The van der Waals surface area contributed by atoms with Gasteiger partial charge >= 0.3 is 0 Å². The first-order chi connectivity index (χ1) is 11.8.